The molecule has 0 radical (unpaired) electrons. The number of carbonyl (C=O) groups excluding carboxylic acids is 2. The summed E-state index contributed by atoms with van der Waals surface area (Å²) < 4.78 is 15.8. The van der Waals surface area contributed by atoms with E-state index in [1.165, 1.54) is 0 Å². The van der Waals surface area contributed by atoms with Gasteiger partial charge in [0.1, 0.15) is 11.5 Å². The normalized spacial score (nSPS) is 10.4. The largest absolute Gasteiger partial charge is 0.495 e. The average molecular weight is 451 g/mol. The van der Waals surface area contributed by atoms with Gasteiger partial charge in [-0.2, -0.15) is 15.0 Å². The molecule has 0 spiro atoms. The first-order chi connectivity index (χ1) is 16.0. The van der Waals surface area contributed by atoms with Crippen molar-refractivity contribution < 1.29 is 23.8 Å². The number of nitrogens with one attached hydrogen (secondary N) is 1. The summed E-state index contributed by atoms with van der Waals surface area (Å²) >= 11 is 0. The molecule has 0 saturated heterocycles. The van der Waals surface area contributed by atoms with Crippen LogP contribution in [0.3, 0.4) is 0 Å². The molecule has 1 heterocycles. The number of para-hydroxylation sites is 2. The molecule has 0 aliphatic heterocycles. The van der Waals surface area contributed by atoms with Gasteiger partial charge in [-0.25, -0.2) is 0 Å². The van der Waals surface area contributed by atoms with Crippen molar-refractivity contribution >= 4 is 29.3 Å². The third-order valence-corrected chi connectivity index (χ3v) is 4.46. The first-order valence-electron chi connectivity index (χ1n) is 10.3. The monoisotopic (exact) mass is 451 g/mol. The summed E-state index contributed by atoms with van der Waals surface area (Å²) in [7, 11) is 1.55. The summed E-state index contributed by atoms with van der Waals surface area (Å²) in [6, 6.07) is 14.0. The second kappa shape index (κ2) is 11.4. The topological polar surface area (TPSA) is 139 Å². The van der Waals surface area contributed by atoms with Crippen LogP contribution in [-0.4, -0.2) is 40.4 Å². The number of esters is 1. The van der Waals surface area contributed by atoms with Crippen molar-refractivity contribution in [2.45, 2.75) is 26.4 Å². The Labute approximate surface area is 191 Å². The molecule has 33 heavy (non-hydrogen) atoms. The molecule has 1 aromatic heterocycles. The number of hydrogen-bond donors (Lipinski definition) is 2. The number of anilines is 3. The van der Waals surface area contributed by atoms with E-state index < -0.39 is 5.97 Å². The van der Waals surface area contributed by atoms with Crippen molar-refractivity contribution in [3.05, 3.63) is 59.9 Å². The molecule has 0 aliphatic carbocycles. The van der Waals surface area contributed by atoms with E-state index in [0.29, 0.717) is 29.4 Å². The fraction of sp³-hybridized carbons (Fsp3) is 0.261. The quantitative estimate of drug-likeness (QED) is 0.330. The number of hydrogen-bond acceptors (Lipinski definition) is 10. The molecule has 0 aliphatic rings. The Bertz CT molecular complexity index is 1100. The van der Waals surface area contributed by atoms with Gasteiger partial charge in [-0.15, -0.1) is 0 Å². The van der Waals surface area contributed by atoms with Crippen molar-refractivity contribution in [2.24, 2.45) is 0 Å². The van der Waals surface area contributed by atoms with Gasteiger partial charge in [-0.05, 0) is 43.3 Å². The van der Waals surface area contributed by atoms with Crippen LogP contribution in [0.5, 0.6) is 11.5 Å². The van der Waals surface area contributed by atoms with E-state index in [9.17, 15) is 9.59 Å². The van der Waals surface area contributed by atoms with Crippen molar-refractivity contribution in [3.8, 4) is 11.5 Å². The van der Waals surface area contributed by atoms with E-state index in [-0.39, 0.29) is 43.0 Å². The van der Waals surface area contributed by atoms with Gasteiger partial charge in [0.25, 0.3) is 0 Å². The molecule has 0 fully saturated rings. The Hall–Kier alpha value is -4.21. The molecule has 3 aromatic rings. The van der Waals surface area contributed by atoms with E-state index in [1.54, 1.807) is 43.5 Å². The van der Waals surface area contributed by atoms with E-state index in [1.807, 2.05) is 19.1 Å². The minimum atomic E-state index is -0.549. The number of aromatic nitrogens is 3. The highest BCUT2D eigenvalue weighted by Gasteiger charge is 2.13. The van der Waals surface area contributed by atoms with Crippen LogP contribution in [0, 0.1) is 0 Å². The minimum Gasteiger partial charge on any atom is -0.495 e. The third-order valence-electron chi connectivity index (χ3n) is 4.46. The zero-order valence-electron chi connectivity index (χ0n) is 18.4. The summed E-state index contributed by atoms with van der Waals surface area (Å²) in [5.41, 5.74) is 6.90. The number of nitrogens with zero attached hydrogens (tertiary/aromatic N) is 3. The first kappa shape index (κ1) is 23.5. The lowest BCUT2D eigenvalue weighted by atomic mass is 10.1. The van der Waals surface area contributed by atoms with Gasteiger partial charge >= 0.3 is 5.97 Å². The summed E-state index contributed by atoms with van der Waals surface area (Å²) in [5.74, 6) is 0.899. The minimum absolute atomic E-state index is 0.0206. The van der Waals surface area contributed by atoms with Crippen LogP contribution in [0.15, 0.2) is 48.5 Å². The van der Waals surface area contributed by atoms with E-state index in [2.05, 4.69) is 20.3 Å². The number of Topliss-reactive ketones (excluding diaryl/α,β-unsaturated/α-hetero) is 1. The number of ketones is 1. The predicted molar refractivity (Wildman–Crippen MR) is 121 cm³/mol. The van der Waals surface area contributed by atoms with Crippen LogP contribution in [0.25, 0.3) is 0 Å². The third kappa shape index (κ3) is 6.89. The molecular weight excluding hydrogens is 426 g/mol. The second-order valence-electron chi connectivity index (χ2n) is 6.80. The van der Waals surface area contributed by atoms with Crippen LogP contribution >= 0.6 is 0 Å². The van der Waals surface area contributed by atoms with Crippen LogP contribution in [-0.2, 0) is 16.1 Å². The van der Waals surface area contributed by atoms with Crippen molar-refractivity contribution in [1.82, 2.24) is 15.0 Å². The predicted octanol–water partition coefficient (Wildman–Crippen LogP) is 3.31. The molecule has 10 heteroatoms. The fourth-order valence-electron chi connectivity index (χ4n) is 2.91. The number of carbonyl (C=O) groups is 2. The molecule has 3 N–H and O–H groups in total. The van der Waals surface area contributed by atoms with Gasteiger partial charge in [0.15, 0.2) is 18.2 Å². The highest BCUT2D eigenvalue weighted by atomic mass is 16.5. The van der Waals surface area contributed by atoms with Crippen LogP contribution < -0.4 is 20.5 Å². The Kier molecular flexibility index (Phi) is 8.12. The maximum absolute atomic E-state index is 12.3. The highest BCUT2D eigenvalue weighted by molar-refractivity contribution is 5.97. The lowest BCUT2D eigenvalue weighted by Gasteiger charge is -2.11. The summed E-state index contributed by atoms with van der Waals surface area (Å²) in [5, 5.41) is 3.00. The Balaban J connectivity index is 1.53. The summed E-state index contributed by atoms with van der Waals surface area (Å²) in [6.07, 6.45) is -0.0499. The van der Waals surface area contributed by atoms with Gasteiger partial charge in [0.05, 0.1) is 25.8 Å². The molecule has 3 rings (SSSR count). The molecule has 0 saturated carbocycles. The lowest BCUT2D eigenvalue weighted by molar-refractivity contribution is -0.145. The first-order valence-corrected chi connectivity index (χ1v) is 10.3. The number of methoxy groups -OCH3 is 1. The second-order valence-corrected chi connectivity index (χ2v) is 6.80. The molecule has 2 aromatic carbocycles. The maximum atomic E-state index is 12.3. The van der Waals surface area contributed by atoms with Crippen molar-refractivity contribution in [2.75, 3.05) is 24.8 Å². The number of nitrogen functional groups attached to an aromatic ring is 1. The van der Waals surface area contributed by atoms with Crippen molar-refractivity contribution in [3.63, 3.8) is 0 Å². The van der Waals surface area contributed by atoms with Crippen LogP contribution in [0.2, 0.25) is 0 Å². The molecule has 0 amide bonds. The number of rotatable bonds is 11. The molecule has 10 nitrogen and oxygen atoms in total. The van der Waals surface area contributed by atoms with Crippen LogP contribution in [0.1, 0.15) is 35.9 Å². The standard InChI is InChI=1S/C23H25N5O5/c1-3-32-16-10-8-15(9-11-16)18(29)12-13-21(30)33-14-20-26-22(24)28-23(27-20)25-17-6-4-5-7-19(17)31-2/h4-11H,3,12-14H2,1-2H3,(H3,24,25,26,27,28). The number of ether oxygens (including phenoxy) is 3. The van der Waals surface area contributed by atoms with Crippen molar-refractivity contribution in [1.29, 1.82) is 0 Å². The summed E-state index contributed by atoms with van der Waals surface area (Å²) in [6.45, 7) is 2.22. The Morgan fingerprint density at radius 3 is 2.48 bits per heavy atom. The van der Waals surface area contributed by atoms with Gasteiger partial charge in [0.2, 0.25) is 11.9 Å². The molecule has 0 atom stereocenters. The SMILES string of the molecule is CCOc1ccc(C(=O)CCC(=O)OCc2nc(N)nc(Nc3ccccc3OC)n2)cc1. The number of nitrogens with two attached hydrogens (primary N) is 1. The van der Waals surface area contributed by atoms with E-state index in [4.69, 9.17) is 19.9 Å². The Morgan fingerprint density at radius 1 is 1.00 bits per heavy atom. The zero-order chi connectivity index (χ0) is 23.6. The molecule has 172 valence electrons. The molecule has 0 unspecified atom stereocenters. The maximum Gasteiger partial charge on any atom is 0.306 e. The number of benzene rings is 2. The molecule has 0 bridgehead atoms. The Morgan fingerprint density at radius 2 is 1.76 bits per heavy atom. The van der Waals surface area contributed by atoms with Gasteiger partial charge < -0.3 is 25.3 Å². The van der Waals surface area contributed by atoms with Crippen LogP contribution in [0.4, 0.5) is 17.6 Å². The molecular formula is C23H25N5O5. The smallest absolute Gasteiger partial charge is 0.306 e. The zero-order valence-corrected chi connectivity index (χ0v) is 18.4. The lowest BCUT2D eigenvalue weighted by Crippen LogP contribution is -2.12. The van der Waals surface area contributed by atoms with Gasteiger partial charge in [-0.3, -0.25) is 9.59 Å². The summed E-state index contributed by atoms with van der Waals surface area (Å²) in [4.78, 5) is 36.6. The van der Waals surface area contributed by atoms with Gasteiger partial charge in [-0.1, -0.05) is 12.1 Å². The van der Waals surface area contributed by atoms with E-state index in [0.717, 1.165) is 0 Å². The van der Waals surface area contributed by atoms with E-state index >= 15 is 0 Å². The average Bonchev–Trinajstić information content (AvgIpc) is 2.82. The van der Waals surface area contributed by atoms with Gasteiger partial charge in [0, 0.05) is 12.0 Å². The fourth-order valence-corrected chi connectivity index (χ4v) is 2.91. The highest BCUT2D eigenvalue weighted by Crippen LogP contribution is 2.25.